The van der Waals surface area contributed by atoms with Crippen LogP contribution in [0.25, 0.3) is 10.9 Å². The van der Waals surface area contributed by atoms with E-state index >= 15 is 0 Å². The number of fused-ring (bicyclic) bond motifs is 1. The molecule has 1 aliphatic heterocycles. The molecule has 0 radical (unpaired) electrons. The molecule has 18 heavy (non-hydrogen) atoms. The van der Waals surface area contributed by atoms with Crippen LogP contribution in [0.5, 0.6) is 0 Å². The summed E-state index contributed by atoms with van der Waals surface area (Å²) in [5, 5.41) is 3.57. The average molecular weight is 268 g/mol. The second kappa shape index (κ2) is 4.33. The van der Waals surface area contributed by atoms with Crippen LogP contribution in [0.2, 0.25) is 5.28 Å². The molecule has 6 heteroatoms. The molecule has 94 valence electrons. The minimum Gasteiger partial charge on any atom is -0.297 e. The highest BCUT2D eigenvalue weighted by atomic mass is 35.5. The monoisotopic (exact) mass is 267 g/mol. The Bertz CT molecular complexity index is 664. The molecule has 0 saturated carbocycles. The van der Waals surface area contributed by atoms with E-state index in [1.165, 1.54) is 22.8 Å². The minimum absolute atomic E-state index is 0.138. The van der Waals surface area contributed by atoms with Crippen LogP contribution < -0.4 is 10.9 Å². The van der Waals surface area contributed by atoms with Gasteiger partial charge in [0.25, 0.3) is 5.56 Å². The zero-order chi connectivity index (χ0) is 12.7. The van der Waals surface area contributed by atoms with Gasteiger partial charge in [0.2, 0.25) is 5.28 Å². The predicted octanol–water partition coefficient (Wildman–Crippen LogP) is 2.07. The summed E-state index contributed by atoms with van der Waals surface area (Å²) in [7, 11) is 0. The molecule has 1 unspecified atom stereocenters. The van der Waals surface area contributed by atoms with Gasteiger partial charge in [-0.3, -0.25) is 14.7 Å². The van der Waals surface area contributed by atoms with Crippen LogP contribution in [0.15, 0.2) is 23.0 Å². The van der Waals surface area contributed by atoms with Crippen molar-refractivity contribution >= 4 is 22.5 Å². The van der Waals surface area contributed by atoms with Gasteiger partial charge in [0, 0.05) is 0 Å². The van der Waals surface area contributed by atoms with E-state index in [2.05, 4.69) is 10.3 Å². The highest BCUT2D eigenvalue weighted by Gasteiger charge is 2.21. The van der Waals surface area contributed by atoms with Gasteiger partial charge in [0.15, 0.2) is 0 Å². The number of hydrogen-bond acceptors (Lipinski definition) is 3. The molecule has 1 aliphatic rings. The minimum atomic E-state index is -0.449. The van der Waals surface area contributed by atoms with E-state index in [-0.39, 0.29) is 22.4 Å². The number of halogens is 2. The molecule has 1 aromatic heterocycles. The average Bonchev–Trinajstić information content (AvgIpc) is 2.84. The molecule has 0 aliphatic carbocycles. The first kappa shape index (κ1) is 11.6. The Labute approximate surface area is 107 Å². The first-order chi connectivity index (χ1) is 8.66. The van der Waals surface area contributed by atoms with Crippen molar-refractivity contribution in [3.05, 3.63) is 39.7 Å². The van der Waals surface area contributed by atoms with Gasteiger partial charge in [-0.15, -0.1) is 0 Å². The summed E-state index contributed by atoms with van der Waals surface area (Å²) in [6.07, 6.45) is 1.65. The Kier molecular flexibility index (Phi) is 2.80. The van der Waals surface area contributed by atoms with Crippen LogP contribution in [0.1, 0.15) is 19.0 Å². The third kappa shape index (κ3) is 1.79. The van der Waals surface area contributed by atoms with Crippen molar-refractivity contribution in [2.24, 2.45) is 0 Å². The molecule has 1 atom stereocenters. The number of aromatic nitrogens is 2. The number of rotatable bonds is 1. The maximum atomic E-state index is 13.2. The summed E-state index contributed by atoms with van der Waals surface area (Å²) in [4.78, 5) is 16.5. The van der Waals surface area contributed by atoms with Gasteiger partial charge in [0.1, 0.15) is 5.82 Å². The van der Waals surface area contributed by atoms with Crippen molar-refractivity contribution in [2.75, 3.05) is 6.54 Å². The molecule has 0 amide bonds. The van der Waals surface area contributed by atoms with Crippen molar-refractivity contribution in [3.63, 3.8) is 0 Å². The van der Waals surface area contributed by atoms with Crippen LogP contribution in [0.3, 0.4) is 0 Å². The van der Waals surface area contributed by atoms with E-state index in [4.69, 9.17) is 11.6 Å². The number of nitrogens with one attached hydrogen (secondary N) is 1. The van der Waals surface area contributed by atoms with Crippen LogP contribution in [-0.4, -0.2) is 16.1 Å². The molecule has 3 rings (SSSR count). The van der Waals surface area contributed by atoms with Gasteiger partial charge in [-0.1, -0.05) is 0 Å². The molecule has 2 heterocycles. The van der Waals surface area contributed by atoms with Crippen molar-refractivity contribution in [1.29, 1.82) is 0 Å². The Morgan fingerprint density at radius 1 is 1.50 bits per heavy atom. The van der Waals surface area contributed by atoms with Gasteiger partial charge in [-0.25, -0.2) is 9.37 Å². The van der Waals surface area contributed by atoms with Gasteiger partial charge >= 0.3 is 0 Å². The van der Waals surface area contributed by atoms with Gasteiger partial charge in [-0.05, 0) is 49.2 Å². The van der Waals surface area contributed by atoms with Gasteiger partial charge in [0.05, 0.1) is 17.1 Å². The second-order valence-corrected chi connectivity index (χ2v) is 4.67. The lowest BCUT2D eigenvalue weighted by molar-refractivity contribution is 0.453. The van der Waals surface area contributed by atoms with Gasteiger partial charge in [-0.2, -0.15) is 0 Å². The highest BCUT2D eigenvalue weighted by molar-refractivity contribution is 6.28. The first-order valence-electron chi connectivity index (χ1n) is 5.77. The van der Waals surface area contributed by atoms with E-state index in [1.54, 1.807) is 0 Å². The van der Waals surface area contributed by atoms with E-state index in [1.807, 2.05) is 0 Å². The second-order valence-electron chi connectivity index (χ2n) is 4.33. The Morgan fingerprint density at radius 2 is 2.33 bits per heavy atom. The smallest absolute Gasteiger partial charge is 0.263 e. The molecule has 1 aromatic carbocycles. The zero-order valence-electron chi connectivity index (χ0n) is 9.49. The summed E-state index contributed by atoms with van der Waals surface area (Å²) >= 11 is 6.05. The molecular weight excluding hydrogens is 257 g/mol. The quantitative estimate of drug-likeness (QED) is 0.805. The van der Waals surface area contributed by atoms with Crippen LogP contribution >= 0.6 is 11.6 Å². The third-order valence-corrected chi connectivity index (χ3v) is 3.43. The van der Waals surface area contributed by atoms with Crippen LogP contribution in [0, 0.1) is 5.82 Å². The lowest BCUT2D eigenvalue weighted by Crippen LogP contribution is -2.31. The number of nitrogens with zero attached hydrogens (tertiary/aromatic N) is 2. The maximum Gasteiger partial charge on any atom is 0.263 e. The molecule has 4 nitrogen and oxygen atoms in total. The molecule has 1 N–H and O–H groups in total. The fourth-order valence-electron chi connectivity index (χ4n) is 2.30. The molecular formula is C12H11ClFN3O. The standard InChI is InChI=1S/C12H11ClFN3O/c13-12-16-9-4-3-7(14)6-8(9)11(18)17(12)10-2-1-5-15-10/h3-4,6,10,15H,1-2,5H2. The molecule has 1 saturated heterocycles. The molecule has 0 bridgehead atoms. The topological polar surface area (TPSA) is 46.9 Å². The van der Waals surface area contributed by atoms with Crippen LogP contribution in [-0.2, 0) is 0 Å². The molecule has 0 spiro atoms. The van der Waals surface area contributed by atoms with Crippen molar-refractivity contribution in [1.82, 2.24) is 14.9 Å². The Balaban J connectivity index is 2.28. The Hall–Kier alpha value is -1.46. The maximum absolute atomic E-state index is 13.2. The van der Waals surface area contributed by atoms with E-state index in [9.17, 15) is 9.18 Å². The number of hydrogen-bond donors (Lipinski definition) is 1. The third-order valence-electron chi connectivity index (χ3n) is 3.17. The van der Waals surface area contributed by atoms with E-state index in [0.29, 0.717) is 5.52 Å². The predicted molar refractivity (Wildman–Crippen MR) is 67.2 cm³/mol. The fraction of sp³-hybridized carbons (Fsp3) is 0.333. The highest BCUT2D eigenvalue weighted by Crippen LogP contribution is 2.20. The largest absolute Gasteiger partial charge is 0.297 e. The summed E-state index contributed by atoms with van der Waals surface area (Å²) in [5.74, 6) is -0.449. The normalized spacial score (nSPS) is 19.6. The van der Waals surface area contributed by atoms with Gasteiger partial charge < -0.3 is 0 Å². The lowest BCUT2D eigenvalue weighted by atomic mass is 10.2. The Morgan fingerprint density at radius 3 is 3.06 bits per heavy atom. The van der Waals surface area contributed by atoms with Crippen molar-refractivity contribution < 1.29 is 4.39 Å². The fourth-order valence-corrected chi connectivity index (χ4v) is 2.59. The summed E-state index contributed by atoms with van der Waals surface area (Å²) in [6, 6.07) is 3.93. The van der Waals surface area contributed by atoms with Crippen molar-refractivity contribution in [3.8, 4) is 0 Å². The first-order valence-corrected chi connectivity index (χ1v) is 6.15. The van der Waals surface area contributed by atoms with E-state index in [0.717, 1.165) is 19.4 Å². The summed E-state index contributed by atoms with van der Waals surface area (Å²) < 4.78 is 14.6. The van der Waals surface area contributed by atoms with Crippen molar-refractivity contribution in [2.45, 2.75) is 19.0 Å². The lowest BCUT2D eigenvalue weighted by Gasteiger charge is -2.16. The summed E-state index contributed by atoms with van der Waals surface area (Å²) in [6.45, 7) is 0.842. The van der Waals surface area contributed by atoms with E-state index < -0.39 is 5.82 Å². The molecule has 1 fully saturated rings. The molecule has 2 aromatic rings. The van der Waals surface area contributed by atoms with Crippen LogP contribution in [0.4, 0.5) is 4.39 Å². The summed E-state index contributed by atoms with van der Waals surface area (Å²) in [5.41, 5.74) is 0.115. The number of benzene rings is 1. The SMILES string of the molecule is O=c1c2cc(F)ccc2nc(Cl)n1C1CCCN1. The zero-order valence-corrected chi connectivity index (χ0v) is 10.2.